The van der Waals surface area contributed by atoms with Crippen LogP contribution in [0.3, 0.4) is 0 Å². The third kappa shape index (κ3) is 5.61. The lowest BCUT2D eigenvalue weighted by Crippen LogP contribution is -2.40. The van der Waals surface area contributed by atoms with Gasteiger partial charge in [0.25, 0.3) is 5.56 Å². The highest BCUT2D eigenvalue weighted by atomic mass is 19.4. The van der Waals surface area contributed by atoms with Crippen molar-refractivity contribution in [1.82, 2.24) is 19.4 Å². The van der Waals surface area contributed by atoms with Crippen LogP contribution < -0.4 is 5.56 Å². The first-order valence-corrected chi connectivity index (χ1v) is 11.5. The van der Waals surface area contributed by atoms with Gasteiger partial charge in [-0.2, -0.15) is 13.2 Å². The van der Waals surface area contributed by atoms with Crippen LogP contribution >= 0.6 is 0 Å². The summed E-state index contributed by atoms with van der Waals surface area (Å²) in [5.41, 5.74) is -0.633. The number of aromatic nitrogens is 3. The summed E-state index contributed by atoms with van der Waals surface area (Å²) in [6.45, 7) is 2.53. The van der Waals surface area contributed by atoms with E-state index >= 15 is 0 Å². The number of nitrogens with zero attached hydrogens (tertiary/aromatic N) is 4. The van der Waals surface area contributed by atoms with E-state index in [1.54, 1.807) is 13.0 Å². The number of alkyl halides is 3. The highest BCUT2D eigenvalue weighted by Gasteiger charge is 2.31. The van der Waals surface area contributed by atoms with Gasteiger partial charge in [-0.15, -0.1) is 0 Å². The van der Waals surface area contributed by atoms with Crippen LogP contribution in [0.5, 0.6) is 0 Å². The number of amides is 1. The van der Waals surface area contributed by atoms with E-state index in [-0.39, 0.29) is 41.3 Å². The fraction of sp³-hybridized carbons (Fsp3) is 0.222. The number of carbonyl (C=O) groups is 2. The molecule has 38 heavy (non-hydrogen) atoms. The van der Waals surface area contributed by atoms with Gasteiger partial charge in [-0.05, 0) is 67.9 Å². The molecular weight excluding hydrogens is 504 g/mol. The molecule has 196 valence electrons. The van der Waals surface area contributed by atoms with E-state index in [1.165, 1.54) is 65.1 Å². The molecule has 0 saturated heterocycles. The topological polar surface area (TPSA) is 85.2 Å². The molecule has 2 heterocycles. The van der Waals surface area contributed by atoms with Gasteiger partial charge in [0, 0.05) is 6.20 Å². The monoisotopic (exact) mass is 526 g/mol. The number of fused-ring (bicyclic) bond motifs is 1. The number of Topliss-reactive ketones (excluding diaryl/α,β-unsaturated/α-hetero) is 1. The van der Waals surface area contributed by atoms with Crippen molar-refractivity contribution in [3.63, 3.8) is 0 Å². The van der Waals surface area contributed by atoms with E-state index in [1.807, 2.05) is 0 Å². The van der Waals surface area contributed by atoms with E-state index in [0.29, 0.717) is 5.56 Å². The second kappa shape index (κ2) is 10.5. The van der Waals surface area contributed by atoms with Crippen LogP contribution in [0.25, 0.3) is 16.7 Å². The molecular formula is C27H22F4N4O3. The zero-order valence-electron chi connectivity index (χ0n) is 20.4. The smallest absolute Gasteiger partial charge is 0.325 e. The third-order valence-corrected chi connectivity index (χ3v) is 5.95. The molecule has 0 fully saturated rings. The number of benzene rings is 2. The molecule has 11 heteroatoms. The lowest BCUT2D eigenvalue weighted by atomic mass is 10.1. The predicted octanol–water partition coefficient (Wildman–Crippen LogP) is 4.66. The van der Waals surface area contributed by atoms with Gasteiger partial charge in [0.15, 0.2) is 5.65 Å². The summed E-state index contributed by atoms with van der Waals surface area (Å²) in [4.78, 5) is 48.8. The maximum Gasteiger partial charge on any atom is 0.416 e. The average molecular weight is 526 g/mol. The molecule has 4 rings (SSSR count). The Kier molecular flexibility index (Phi) is 7.38. The number of hydrogen-bond acceptors (Lipinski definition) is 5. The summed E-state index contributed by atoms with van der Waals surface area (Å²) in [6, 6.07) is 11.4. The van der Waals surface area contributed by atoms with Gasteiger partial charge in [0.2, 0.25) is 5.91 Å². The third-order valence-electron chi connectivity index (χ3n) is 5.95. The highest BCUT2D eigenvalue weighted by molar-refractivity contribution is 5.86. The molecule has 1 atom stereocenters. The van der Waals surface area contributed by atoms with Crippen LogP contribution in [0, 0.1) is 5.82 Å². The molecule has 1 unspecified atom stereocenters. The Morgan fingerprint density at radius 2 is 1.68 bits per heavy atom. The fourth-order valence-electron chi connectivity index (χ4n) is 4.06. The molecule has 1 amide bonds. The van der Waals surface area contributed by atoms with Crippen molar-refractivity contribution < 1.29 is 27.2 Å². The summed E-state index contributed by atoms with van der Waals surface area (Å²) in [6.07, 6.45) is -3.35. The molecule has 0 saturated carbocycles. The Hall–Kier alpha value is -4.41. The first-order chi connectivity index (χ1) is 18.0. The van der Waals surface area contributed by atoms with Gasteiger partial charge in [-0.25, -0.2) is 14.4 Å². The van der Waals surface area contributed by atoms with Crippen molar-refractivity contribution in [2.24, 2.45) is 0 Å². The molecule has 0 aliphatic heterocycles. The molecule has 0 aliphatic carbocycles. The Labute approximate surface area is 214 Å². The largest absolute Gasteiger partial charge is 0.416 e. The molecule has 4 aromatic rings. The van der Waals surface area contributed by atoms with E-state index < -0.39 is 35.1 Å². The van der Waals surface area contributed by atoms with Crippen molar-refractivity contribution in [2.75, 3.05) is 6.54 Å². The first kappa shape index (κ1) is 26.6. The molecule has 7 nitrogen and oxygen atoms in total. The summed E-state index contributed by atoms with van der Waals surface area (Å²) in [5, 5.41) is 0.196. The number of pyridine rings is 1. The number of rotatable bonds is 7. The van der Waals surface area contributed by atoms with Gasteiger partial charge < -0.3 is 4.90 Å². The van der Waals surface area contributed by atoms with Crippen molar-refractivity contribution in [3.05, 3.63) is 100.0 Å². The predicted molar refractivity (Wildman–Crippen MR) is 131 cm³/mol. The summed E-state index contributed by atoms with van der Waals surface area (Å²) < 4.78 is 53.6. The van der Waals surface area contributed by atoms with E-state index in [4.69, 9.17) is 0 Å². The maximum atomic E-state index is 13.6. The van der Waals surface area contributed by atoms with Crippen LogP contribution in [-0.4, -0.2) is 37.7 Å². The lowest BCUT2D eigenvalue weighted by molar-refractivity contribution is -0.137. The SMILES string of the molecule is CC(=O)CN(C(=O)Cc1ccc(C(F)(F)F)cc1)C(C)c1nc2ncccc2c(=O)n1-c1ccc(F)cc1. The van der Waals surface area contributed by atoms with Gasteiger partial charge in [-0.3, -0.25) is 19.0 Å². The minimum absolute atomic E-state index is 0.0785. The van der Waals surface area contributed by atoms with Crippen LogP contribution in [-0.2, 0) is 22.2 Å². The first-order valence-electron chi connectivity index (χ1n) is 11.5. The van der Waals surface area contributed by atoms with Crippen LogP contribution in [0.4, 0.5) is 17.6 Å². The number of hydrogen-bond donors (Lipinski definition) is 0. The Balaban J connectivity index is 1.78. The standard InChI is InChI=1S/C27H22F4N4O3/c1-16(36)15-34(23(37)14-18-5-7-19(8-6-18)27(29,30)31)17(2)25-33-24-22(4-3-13-32-24)26(38)35(25)21-11-9-20(28)10-12-21/h3-13,17H,14-15H2,1-2H3. The van der Waals surface area contributed by atoms with Gasteiger partial charge in [0.05, 0.1) is 35.6 Å². The number of ketones is 1. The molecule has 0 spiro atoms. The summed E-state index contributed by atoms with van der Waals surface area (Å²) in [5.74, 6) is -1.35. The Morgan fingerprint density at radius 1 is 1.03 bits per heavy atom. The minimum Gasteiger partial charge on any atom is -0.325 e. The molecule has 0 N–H and O–H groups in total. The molecule has 0 aliphatic rings. The quantitative estimate of drug-likeness (QED) is 0.327. The van der Waals surface area contributed by atoms with Gasteiger partial charge >= 0.3 is 6.18 Å². The van der Waals surface area contributed by atoms with Crippen LogP contribution in [0.2, 0.25) is 0 Å². The molecule has 2 aromatic heterocycles. The second-order valence-electron chi connectivity index (χ2n) is 8.73. The molecule has 2 aromatic carbocycles. The van der Waals surface area contributed by atoms with E-state index in [2.05, 4.69) is 9.97 Å². The fourth-order valence-corrected chi connectivity index (χ4v) is 4.06. The molecule has 0 bridgehead atoms. The lowest BCUT2D eigenvalue weighted by Gasteiger charge is -2.30. The maximum absolute atomic E-state index is 13.6. The number of carbonyl (C=O) groups excluding carboxylic acids is 2. The van der Waals surface area contributed by atoms with Crippen molar-refractivity contribution in [2.45, 2.75) is 32.5 Å². The average Bonchev–Trinajstić information content (AvgIpc) is 2.87. The normalized spacial score (nSPS) is 12.4. The zero-order valence-corrected chi connectivity index (χ0v) is 20.4. The van der Waals surface area contributed by atoms with Gasteiger partial charge in [-0.1, -0.05) is 12.1 Å². The Bertz CT molecular complexity index is 1550. The van der Waals surface area contributed by atoms with E-state index in [0.717, 1.165) is 12.1 Å². The highest BCUT2D eigenvalue weighted by Crippen LogP contribution is 2.29. The van der Waals surface area contributed by atoms with Crippen LogP contribution in [0.1, 0.15) is 36.8 Å². The number of halogens is 4. The van der Waals surface area contributed by atoms with Crippen molar-refractivity contribution in [1.29, 1.82) is 0 Å². The minimum atomic E-state index is -4.52. The summed E-state index contributed by atoms with van der Waals surface area (Å²) >= 11 is 0. The van der Waals surface area contributed by atoms with Crippen molar-refractivity contribution >= 4 is 22.7 Å². The Morgan fingerprint density at radius 3 is 2.29 bits per heavy atom. The van der Waals surface area contributed by atoms with E-state index in [9.17, 15) is 31.9 Å². The second-order valence-corrected chi connectivity index (χ2v) is 8.73. The van der Waals surface area contributed by atoms with Crippen LogP contribution in [0.15, 0.2) is 71.7 Å². The zero-order chi connectivity index (χ0) is 27.6. The summed E-state index contributed by atoms with van der Waals surface area (Å²) in [7, 11) is 0. The van der Waals surface area contributed by atoms with Gasteiger partial charge in [0.1, 0.15) is 17.4 Å². The van der Waals surface area contributed by atoms with Crippen molar-refractivity contribution in [3.8, 4) is 5.69 Å². The molecule has 0 radical (unpaired) electrons.